The number of hydrogen-bond acceptors (Lipinski definition) is 2. The number of carbonyl (C=O) groups excluding carboxylic acids is 1. The Morgan fingerprint density at radius 1 is 1.10 bits per heavy atom. The second-order valence-corrected chi connectivity index (χ2v) is 5.50. The zero-order valence-electron chi connectivity index (χ0n) is 12.4. The first-order valence-corrected chi connectivity index (χ1v) is 7.09. The van der Waals surface area contributed by atoms with Crippen molar-refractivity contribution in [3.05, 3.63) is 58.1 Å². The van der Waals surface area contributed by atoms with Crippen LogP contribution in [0, 0.1) is 20.8 Å². The largest absolute Gasteiger partial charge is 0.483 e. The molecule has 0 bridgehead atoms. The second kappa shape index (κ2) is 6.64. The van der Waals surface area contributed by atoms with Gasteiger partial charge in [0.05, 0.1) is 0 Å². The van der Waals surface area contributed by atoms with Crippen LogP contribution in [0.5, 0.6) is 5.75 Å². The summed E-state index contributed by atoms with van der Waals surface area (Å²) in [7, 11) is 0. The maximum atomic E-state index is 12.0. The fourth-order valence-corrected chi connectivity index (χ4v) is 2.09. The van der Waals surface area contributed by atoms with Crippen LogP contribution in [-0.2, 0) is 4.79 Å². The molecule has 0 saturated heterocycles. The Labute approximate surface area is 129 Å². The molecule has 4 heteroatoms. The van der Waals surface area contributed by atoms with Gasteiger partial charge in [-0.1, -0.05) is 29.8 Å². The summed E-state index contributed by atoms with van der Waals surface area (Å²) in [5, 5.41) is 3.40. The molecule has 21 heavy (non-hydrogen) atoms. The number of benzene rings is 2. The summed E-state index contributed by atoms with van der Waals surface area (Å²) in [5.41, 5.74) is 3.77. The van der Waals surface area contributed by atoms with E-state index in [2.05, 4.69) is 5.32 Å². The Bertz CT molecular complexity index is 668. The highest BCUT2D eigenvalue weighted by Crippen LogP contribution is 2.21. The van der Waals surface area contributed by atoms with Crippen molar-refractivity contribution < 1.29 is 9.53 Å². The molecule has 0 radical (unpaired) electrons. The SMILES string of the molecule is Cc1ccc(C)c(OCC(=O)Nc2cc(Cl)ccc2C)c1. The van der Waals surface area contributed by atoms with Crippen LogP contribution < -0.4 is 10.1 Å². The summed E-state index contributed by atoms with van der Waals surface area (Å²) in [6, 6.07) is 11.3. The maximum Gasteiger partial charge on any atom is 0.262 e. The minimum absolute atomic E-state index is 0.0315. The number of anilines is 1. The molecule has 0 aliphatic carbocycles. The molecule has 0 aromatic heterocycles. The quantitative estimate of drug-likeness (QED) is 0.915. The standard InChI is InChI=1S/C17H18ClNO2/c1-11-4-5-13(3)16(8-11)21-10-17(20)19-15-9-14(18)7-6-12(15)2/h4-9H,10H2,1-3H3,(H,19,20). The highest BCUT2D eigenvalue weighted by Gasteiger charge is 2.08. The van der Waals surface area contributed by atoms with Crippen molar-refractivity contribution in [2.24, 2.45) is 0 Å². The number of hydrogen-bond donors (Lipinski definition) is 1. The van der Waals surface area contributed by atoms with Gasteiger partial charge in [-0.2, -0.15) is 0 Å². The summed E-state index contributed by atoms with van der Waals surface area (Å²) < 4.78 is 5.58. The molecule has 0 spiro atoms. The van der Waals surface area contributed by atoms with E-state index in [0.717, 1.165) is 22.4 Å². The molecule has 2 aromatic rings. The normalized spacial score (nSPS) is 10.3. The fraction of sp³-hybridized carbons (Fsp3) is 0.235. The van der Waals surface area contributed by atoms with Crippen LogP contribution >= 0.6 is 11.6 Å². The van der Waals surface area contributed by atoms with Gasteiger partial charge in [0.15, 0.2) is 6.61 Å². The van der Waals surface area contributed by atoms with Gasteiger partial charge < -0.3 is 10.1 Å². The molecule has 2 rings (SSSR count). The summed E-state index contributed by atoms with van der Waals surface area (Å²) in [6.45, 7) is 5.82. The van der Waals surface area contributed by atoms with E-state index >= 15 is 0 Å². The highest BCUT2D eigenvalue weighted by molar-refractivity contribution is 6.31. The predicted octanol–water partition coefficient (Wildman–Crippen LogP) is 4.28. The third-order valence-corrected chi connectivity index (χ3v) is 3.41. The molecule has 0 heterocycles. The Morgan fingerprint density at radius 3 is 2.57 bits per heavy atom. The molecule has 1 amide bonds. The van der Waals surface area contributed by atoms with Crippen LogP contribution in [0.1, 0.15) is 16.7 Å². The maximum absolute atomic E-state index is 12.0. The average Bonchev–Trinajstić information content (AvgIpc) is 2.44. The molecule has 0 fully saturated rings. The van der Waals surface area contributed by atoms with E-state index in [-0.39, 0.29) is 12.5 Å². The van der Waals surface area contributed by atoms with Crippen LogP contribution in [-0.4, -0.2) is 12.5 Å². The smallest absolute Gasteiger partial charge is 0.262 e. The van der Waals surface area contributed by atoms with Gasteiger partial charge in [0.1, 0.15) is 5.75 Å². The Hall–Kier alpha value is -2.00. The zero-order valence-corrected chi connectivity index (χ0v) is 13.1. The zero-order chi connectivity index (χ0) is 15.4. The molecule has 0 unspecified atom stereocenters. The molecule has 0 aliphatic heterocycles. The Balaban J connectivity index is 1.99. The van der Waals surface area contributed by atoms with Gasteiger partial charge in [0, 0.05) is 10.7 Å². The molecule has 110 valence electrons. The molecule has 2 aromatic carbocycles. The van der Waals surface area contributed by atoms with E-state index in [9.17, 15) is 4.79 Å². The summed E-state index contributed by atoms with van der Waals surface area (Å²) in [4.78, 5) is 12.0. The molecule has 3 nitrogen and oxygen atoms in total. The predicted molar refractivity (Wildman–Crippen MR) is 86.2 cm³/mol. The van der Waals surface area contributed by atoms with Gasteiger partial charge in [-0.3, -0.25) is 4.79 Å². The summed E-state index contributed by atoms with van der Waals surface area (Å²) >= 11 is 5.93. The number of nitrogens with one attached hydrogen (secondary N) is 1. The van der Waals surface area contributed by atoms with Crippen LogP contribution in [0.3, 0.4) is 0 Å². The molecular formula is C17H18ClNO2. The van der Waals surface area contributed by atoms with Crippen LogP contribution in [0.4, 0.5) is 5.69 Å². The number of carbonyl (C=O) groups is 1. The fourth-order valence-electron chi connectivity index (χ4n) is 1.92. The monoisotopic (exact) mass is 303 g/mol. The van der Waals surface area contributed by atoms with Crippen molar-refractivity contribution in [1.82, 2.24) is 0 Å². The van der Waals surface area contributed by atoms with Crippen molar-refractivity contribution in [1.29, 1.82) is 0 Å². The van der Waals surface area contributed by atoms with Gasteiger partial charge in [0.25, 0.3) is 5.91 Å². The molecule has 0 saturated carbocycles. The van der Waals surface area contributed by atoms with Crippen molar-refractivity contribution in [3.63, 3.8) is 0 Å². The van der Waals surface area contributed by atoms with Crippen LogP contribution in [0.25, 0.3) is 0 Å². The first-order valence-electron chi connectivity index (χ1n) is 6.72. The first-order chi connectivity index (χ1) is 9.95. The molecule has 0 atom stereocenters. The molecule has 0 aliphatic rings. The number of rotatable bonds is 4. The van der Waals surface area contributed by atoms with E-state index in [4.69, 9.17) is 16.3 Å². The third-order valence-electron chi connectivity index (χ3n) is 3.18. The van der Waals surface area contributed by atoms with Gasteiger partial charge in [-0.25, -0.2) is 0 Å². The summed E-state index contributed by atoms with van der Waals surface area (Å²) in [6.07, 6.45) is 0. The lowest BCUT2D eigenvalue weighted by molar-refractivity contribution is -0.118. The van der Waals surface area contributed by atoms with Crippen molar-refractivity contribution in [2.45, 2.75) is 20.8 Å². The highest BCUT2D eigenvalue weighted by atomic mass is 35.5. The van der Waals surface area contributed by atoms with Gasteiger partial charge >= 0.3 is 0 Å². The van der Waals surface area contributed by atoms with Crippen molar-refractivity contribution >= 4 is 23.2 Å². The average molecular weight is 304 g/mol. The van der Waals surface area contributed by atoms with Crippen molar-refractivity contribution in [2.75, 3.05) is 11.9 Å². The van der Waals surface area contributed by atoms with Crippen LogP contribution in [0.2, 0.25) is 5.02 Å². The van der Waals surface area contributed by atoms with E-state index in [1.54, 1.807) is 12.1 Å². The van der Waals surface area contributed by atoms with E-state index in [1.807, 2.05) is 45.0 Å². The number of aryl methyl sites for hydroxylation is 3. The molecule has 1 N–H and O–H groups in total. The lowest BCUT2D eigenvalue weighted by Crippen LogP contribution is -2.20. The third kappa shape index (κ3) is 4.23. The minimum Gasteiger partial charge on any atom is -0.483 e. The second-order valence-electron chi connectivity index (χ2n) is 5.07. The minimum atomic E-state index is -0.207. The number of ether oxygens (including phenoxy) is 1. The lowest BCUT2D eigenvalue weighted by Gasteiger charge is -2.11. The Kier molecular flexibility index (Phi) is 4.86. The first kappa shape index (κ1) is 15.4. The Morgan fingerprint density at radius 2 is 1.81 bits per heavy atom. The topological polar surface area (TPSA) is 38.3 Å². The van der Waals surface area contributed by atoms with E-state index < -0.39 is 0 Å². The lowest BCUT2D eigenvalue weighted by atomic mass is 10.1. The number of amides is 1. The van der Waals surface area contributed by atoms with E-state index in [0.29, 0.717) is 10.7 Å². The van der Waals surface area contributed by atoms with Crippen molar-refractivity contribution in [3.8, 4) is 5.75 Å². The summed E-state index contributed by atoms with van der Waals surface area (Å²) in [5.74, 6) is 0.522. The van der Waals surface area contributed by atoms with Gasteiger partial charge in [-0.15, -0.1) is 0 Å². The number of halogens is 1. The van der Waals surface area contributed by atoms with Gasteiger partial charge in [-0.05, 0) is 55.7 Å². The van der Waals surface area contributed by atoms with Crippen LogP contribution in [0.15, 0.2) is 36.4 Å². The van der Waals surface area contributed by atoms with E-state index in [1.165, 1.54) is 0 Å². The van der Waals surface area contributed by atoms with Gasteiger partial charge in [0.2, 0.25) is 0 Å². The molecular weight excluding hydrogens is 286 g/mol.